The smallest absolute Gasteiger partial charge is 0.136 e. The number of Topliss-reactive ketones (excluding diaryl/α,β-unsaturated/α-hetero) is 1. The molecule has 0 saturated carbocycles. The molecule has 0 bridgehead atoms. The molecule has 3 heteroatoms. The Kier molecular flexibility index (Phi) is 3.86. The molecule has 0 saturated heterocycles. The van der Waals surface area contributed by atoms with Crippen LogP contribution >= 0.6 is 0 Å². The van der Waals surface area contributed by atoms with E-state index in [-0.39, 0.29) is 5.92 Å². The number of ketones is 1. The number of carbonyl (C=O) groups is 1. The fraction of sp³-hybridized carbons (Fsp3) is 0.636. The molecule has 0 spiro atoms. The molecule has 3 nitrogen and oxygen atoms in total. The topological polar surface area (TPSA) is 34.9 Å². The van der Waals surface area contributed by atoms with Crippen molar-refractivity contribution in [3.05, 3.63) is 18.0 Å². The highest BCUT2D eigenvalue weighted by Crippen LogP contribution is 2.08. The highest BCUT2D eigenvalue weighted by molar-refractivity contribution is 5.80. The van der Waals surface area contributed by atoms with Crippen molar-refractivity contribution in [3.63, 3.8) is 0 Å². The zero-order valence-electron chi connectivity index (χ0n) is 9.16. The molecule has 1 aromatic heterocycles. The van der Waals surface area contributed by atoms with Crippen LogP contribution in [0.3, 0.4) is 0 Å². The van der Waals surface area contributed by atoms with E-state index in [4.69, 9.17) is 0 Å². The van der Waals surface area contributed by atoms with Crippen molar-refractivity contribution >= 4 is 5.78 Å². The summed E-state index contributed by atoms with van der Waals surface area (Å²) in [6.07, 6.45) is 4.22. The van der Waals surface area contributed by atoms with E-state index < -0.39 is 0 Å². The van der Waals surface area contributed by atoms with Crippen LogP contribution in [0.25, 0.3) is 0 Å². The molecule has 0 radical (unpaired) electrons. The summed E-state index contributed by atoms with van der Waals surface area (Å²) in [5.74, 6) is 0.539. The lowest BCUT2D eigenvalue weighted by atomic mass is 9.99. The Labute approximate surface area is 85.1 Å². The first-order valence-electron chi connectivity index (χ1n) is 5.14. The van der Waals surface area contributed by atoms with E-state index in [0.29, 0.717) is 12.2 Å². The molecule has 0 N–H and O–H groups in total. The molecule has 1 rings (SSSR count). The highest BCUT2D eigenvalue weighted by Gasteiger charge is 2.10. The molecule has 0 fully saturated rings. The maximum atomic E-state index is 11.5. The van der Waals surface area contributed by atoms with E-state index in [9.17, 15) is 4.79 Å². The molecule has 14 heavy (non-hydrogen) atoms. The van der Waals surface area contributed by atoms with Crippen LogP contribution in [0.5, 0.6) is 0 Å². The maximum absolute atomic E-state index is 11.5. The zero-order chi connectivity index (χ0) is 10.6. The molecule has 0 aliphatic carbocycles. The summed E-state index contributed by atoms with van der Waals surface area (Å²) in [4.78, 5) is 11.5. The number of rotatable bonds is 5. The van der Waals surface area contributed by atoms with Gasteiger partial charge in [0.1, 0.15) is 5.78 Å². The standard InChI is InChI=1S/C11H18N2O/c1-4-9(2)11(14)6-5-10-7-8-13(3)12-10/h7-9H,4-6H2,1-3H3. The van der Waals surface area contributed by atoms with Gasteiger partial charge in [-0.1, -0.05) is 13.8 Å². The second kappa shape index (κ2) is 4.94. The van der Waals surface area contributed by atoms with Crippen LogP contribution in [0.2, 0.25) is 0 Å². The summed E-state index contributed by atoms with van der Waals surface area (Å²) in [6, 6.07) is 1.96. The van der Waals surface area contributed by atoms with Gasteiger partial charge in [-0.2, -0.15) is 5.10 Å². The minimum Gasteiger partial charge on any atom is -0.299 e. The van der Waals surface area contributed by atoms with Gasteiger partial charge in [0.15, 0.2) is 0 Å². The molecule has 0 aliphatic heterocycles. The largest absolute Gasteiger partial charge is 0.299 e. The summed E-state index contributed by atoms with van der Waals surface area (Å²) in [5, 5.41) is 4.23. The van der Waals surface area contributed by atoms with E-state index in [2.05, 4.69) is 5.10 Å². The summed E-state index contributed by atoms with van der Waals surface area (Å²) >= 11 is 0. The molecular formula is C11H18N2O. The second-order valence-corrected chi connectivity index (χ2v) is 3.76. The van der Waals surface area contributed by atoms with Crippen LogP contribution in [-0.2, 0) is 18.3 Å². The number of hydrogen-bond acceptors (Lipinski definition) is 2. The Morgan fingerprint density at radius 1 is 1.64 bits per heavy atom. The SMILES string of the molecule is CCC(C)C(=O)CCc1ccn(C)n1. The van der Waals surface area contributed by atoms with E-state index in [1.54, 1.807) is 4.68 Å². The van der Waals surface area contributed by atoms with Gasteiger partial charge in [-0.25, -0.2) is 0 Å². The number of aromatic nitrogens is 2. The fourth-order valence-electron chi connectivity index (χ4n) is 1.32. The van der Waals surface area contributed by atoms with Gasteiger partial charge >= 0.3 is 0 Å². The first-order chi connectivity index (χ1) is 6.63. The lowest BCUT2D eigenvalue weighted by molar-refractivity contribution is -0.122. The van der Waals surface area contributed by atoms with Gasteiger partial charge in [-0.05, 0) is 18.9 Å². The van der Waals surface area contributed by atoms with Gasteiger partial charge in [0, 0.05) is 25.6 Å². The summed E-state index contributed by atoms with van der Waals surface area (Å²) < 4.78 is 1.77. The van der Waals surface area contributed by atoms with Crippen LogP contribution in [0.1, 0.15) is 32.4 Å². The van der Waals surface area contributed by atoms with Crippen LogP contribution in [0.15, 0.2) is 12.3 Å². The minimum absolute atomic E-state index is 0.193. The van der Waals surface area contributed by atoms with Gasteiger partial charge in [-0.15, -0.1) is 0 Å². The van der Waals surface area contributed by atoms with Crippen LogP contribution < -0.4 is 0 Å². The monoisotopic (exact) mass is 194 g/mol. The second-order valence-electron chi connectivity index (χ2n) is 3.76. The van der Waals surface area contributed by atoms with Gasteiger partial charge in [0.2, 0.25) is 0 Å². The van der Waals surface area contributed by atoms with Gasteiger partial charge in [-0.3, -0.25) is 9.48 Å². The number of hydrogen-bond donors (Lipinski definition) is 0. The third-order valence-corrected chi connectivity index (χ3v) is 2.56. The lowest BCUT2D eigenvalue weighted by Crippen LogP contribution is -2.10. The van der Waals surface area contributed by atoms with Gasteiger partial charge < -0.3 is 0 Å². The Hall–Kier alpha value is -1.12. The molecular weight excluding hydrogens is 176 g/mol. The molecule has 1 aromatic rings. The number of nitrogens with zero attached hydrogens (tertiary/aromatic N) is 2. The average molecular weight is 194 g/mol. The molecule has 78 valence electrons. The van der Waals surface area contributed by atoms with Crippen molar-refractivity contribution in [3.8, 4) is 0 Å². The predicted molar refractivity (Wildman–Crippen MR) is 56.0 cm³/mol. The number of carbonyl (C=O) groups excluding carboxylic acids is 1. The maximum Gasteiger partial charge on any atom is 0.136 e. The summed E-state index contributed by atoms with van der Waals surface area (Å²) in [7, 11) is 1.89. The van der Waals surface area contributed by atoms with E-state index >= 15 is 0 Å². The normalized spacial score (nSPS) is 12.8. The van der Waals surface area contributed by atoms with Crippen molar-refractivity contribution < 1.29 is 4.79 Å². The van der Waals surface area contributed by atoms with Crippen LogP contribution in [-0.4, -0.2) is 15.6 Å². The van der Waals surface area contributed by atoms with E-state index in [1.165, 1.54) is 0 Å². The Morgan fingerprint density at radius 2 is 2.36 bits per heavy atom. The molecule has 1 heterocycles. The average Bonchev–Trinajstić information content (AvgIpc) is 2.59. The third kappa shape index (κ3) is 2.98. The predicted octanol–water partition coefficient (Wildman–Crippen LogP) is 1.97. The molecule has 0 amide bonds. The molecule has 0 aliphatic rings. The molecule has 1 unspecified atom stereocenters. The quantitative estimate of drug-likeness (QED) is 0.718. The number of aryl methyl sites for hydroxylation is 2. The van der Waals surface area contributed by atoms with Gasteiger partial charge in [0.05, 0.1) is 5.69 Å². The van der Waals surface area contributed by atoms with Crippen molar-refractivity contribution in [1.82, 2.24) is 9.78 Å². The van der Waals surface area contributed by atoms with Crippen molar-refractivity contribution in [2.24, 2.45) is 13.0 Å². The Bertz CT molecular complexity index is 304. The van der Waals surface area contributed by atoms with Crippen LogP contribution in [0, 0.1) is 5.92 Å². The van der Waals surface area contributed by atoms with Crippen molar-refractivity contribution in [1.29, 1.82) is 0 Å². The molecule has 1 atom stereocenters. The third-order valence-electron chi connectivity index (χ3n) is 2.56. The van der Waals surface area contributed by atoms with Crippen molar-refractivity contribution in [2.45, 2.75) is 33.1 Å². The Morgan fingerprint density at radius 3 is 2.86 bits per heavy atom. The lowest BCUT2D eigenvalue weighted by Gasteiger charge is -2.05. The Balaban J connectivity index is 2.37. The zero-order valence-corrected chi connectivity index (χ0v) is 9.16. The van der Waals surface area contributed by atoms with Crippen LogP contribution in [0.4, 0.5) is 0 Å². The summed E-state index contributed by atoms with van der Waals surface area (Å²) in [5.41, 5.74) is 1.00. The minimum atomic E-state index is 0.193. The van der Waals surface area contributed by atoms with Crippen molar-refractivity contribution in [2.75, 3.05) is 0 Å². The van der Waals surface area contributed by atoms with E-state index in [0.717, 1.165) is 18.5 Å². The molecule has 0 aromatic carbocycles. The van der Waals surface area contributed by atoms with Gasteiger partial charge in [0.25, 0.3) is 0 Å². The first-order valence-corrected chi connectivity index (χ1v) is 5.14. The fourth-order valence-corrected chi connectivity index (χ4v) is 1.32. The summed E-state index contributed by atoms with van der Waals surface area (Å²) in [6.45, 7) is 4.03. The van der Waals surface area contributed by atoms with E-state index in [1.807, 2.05) is 33.2 Å². The first kappa shape index (κ1) is 11.0. The highest BCUT2D eigenvalue weighted by atomic mass is 16.1.